The van der Waals surface area contributed by atoms with E-state index in [0.717, 1.165) is 27.8 Å². The molecule has 344 valence electrons. The van der Waals surface area contributed by atoms with Gasteiger partial charge in [0, 0.05) is 13.5 Å². The van der Waals surface area contributed by atoms with Crippen molar-refractivity contribution in [2.45, 2.75) is 114 Å². The first-order chi connectivity index (χ1) is 31.8. The first-order valence-electron chi connectivity index (χ1n) is 22.1. The molecule has 0 saturated carbocycles. The van der Waals surface area contributed by atoms with Crippen LogP contribution in [0.1, 0.15) is 47.6 Å². The van der Waals surface area contributed by atoms with Crippen molar-refractivity contribution in [1.82, 2.24) is 5.32 Å². The summed E-state index contributed by atoms with van der Waals surface area (Å²) in [7, 11) is 1.51. The normalized spacial score (nSPS) is 25.4. The highest BCUT2D eigenvalue weighted by atomic mass is 19.1. The number of carbonyl (C=O) groups is 2. The molecule has 2 aliphatic heterocycles. The molecule has 4 unspecified atom stereocenters. The molecule has 0 spiro atoms. The van der Waals surface area contributed by atoms with Gasteiger partial charge in [-0.2, -0.15) is 0 Å². The number of benzene rings is 5. The van der Waals surface area contributed by atoms with Gasteiger partial charge in [-0.05, 0) is 34.7 Å². The molecule has 2 heterocycles. The summed E-state index contributed by atoms with van der Waals surface area (Å²) in [6.07, 6.45) is -10.9. The van der Waals surface area contributed by atoms with Gasteiger partial charge < -0.3 is 47.9 Å². The van der Waals surface area contributed by atoms with E-state index in [1.165, 1.54) is 7.05 Å². The first kappa shape index (κ1) is 47.6. The third-order valence-electron chi connectivity index (χ3n) is 11.3. The average molecular weight is 892 g/mol. The van der Waals surface area contributed by atoms with Gasteiger partial charge in [0.15, 0.2) is 12.4 Å². The van der Waals surface area contributed by atoms with Crippen LogP contribution in [0.2, 0.25) is 0 Å². The third kappa shape index (κ3) is 14.1. The molecule has 0 aliphatic carbocycles. The number of hydrogen-bond acceptors (Lipinski definition) is 11. The summed E-state index contributed by atoms with van der Waals surface area (Å²) in [6.45, 7) is 2.26. The van der Waals surface area contributed by atoms with Crippen LogP contribution in [0.5, 0.6) is 0 Å². The largest absolute Gasteiger partial charge is 0.457 e. The molecule has 0 bridgehead atoms. The lowest BCUT2D eigenvalue weighted by atomic mass is 9.97. The molecule has 2 saturated heterocycles. The second-order valence-corrected chi connectivity index (χ2v) is 16.0. The molecule has 2 fully saturated rings. The van der Waals surface area contributed by atoms with Crippen molar-refractivity contribution in [3.63, 3.8) is 0 Å². The number of esters is 1. The zero-order valence-corrected chi connectivity index (χ0v) is 36.7. The summed E-state index contributed by atoms with van der Waals surface area (Å²) < 4.78 is 74.9. The van der Waals surface area contributed by atoms with Crippen molar-refractivity contribution < 1.29 is 56.6 Å². The minimum atomic E-state index is -1.93. The number of ether oxygens (including phenoxy) is 9. The Hall–Kier alpha value is -5.35. The summed E-state index contributed by atoms with van der Waals surface area (Å²) in [5, 5.41) is 2.53. The Labute approximate surface area is 380 Å². The summed E-state index contributed by atoms with van der Waals surface area (Å²) in [5.74, 6) is -0.894. The number of alkyl halides is 1. The standard InChI is InChI=1S/C52H58FNO11/c1-36-45(65-44(56)29-28-43(55)54-2)47(58-31-38-20-10-4-11-21-38)50(61-34-41-26-16-7-17-27-41)52(63-36)62-35-42-46(57-30-37-18-8-3-9-19-37)48(59-32-39-22-12-5-13-23-39)49(51(53)64-42)60-33-40-24-14-6-15-25-40/h3-27,36,42,45-52H,28-35H2,1-2H3,(H,54,55)/t36?,42-,45+,46+,47+,48?,49?,50?,51-,52+/m0/s1. The fourth-order valence-corrected chi connectivity index (χ4v) is 7.78. The van der Waals surface area contributed by atoms with Crippen LogP contribution in [0, 0.1) is 0 Å². The maximum Gasteiger partial charge on any atom is 0.306 e. The Balaban J connectivity index is 1.17. The molecule has 1 amide bonds. The Bertz CT molecular complexity index is 2140. The lowest BCUT2D eigenvalue weighted by Crippen LogP contribution is -2.62. The van der Waals surface area contributed by atoms with E-state index in [2.05, 4.69) is 5.32 Å². The SMILES string of the molecule is CNC(=O)CCC(=O)O[C@@H]1C(C)O[C@@H](OC[C@@H]2O[C@H](F)C(OCc3ccccc3)C(OCc3ccccc3)[C@@H]2OCc2ccccc2)C(OCc2ccccc2)[C@@H]1OCc1ccccc1. The Morgan fingerprint density at radius 2 is 0.877 bits per heavy atom. The lowest BCUT2D eigenvalue weighted by molar-refractivity contribution is -0.335. The van der Waals surface area contributed by atoms with E-state index in [9.17, 15) is 9.59 Å². The molecule has 13 heteroatoms. The lowest BCUT2D eigenvalue weighted by Gasteiger charge is -2.46. The van der Waals surface area contributed by atoms with Crippen LogP contribution in [-0.2, 0) is 85.3 Å². The van der Waals surface area contributed by atoms with Crippen LogP contribution in [-0.4, -0.2) is 87.0 Å². The maximum atomic E-state index is 16.7. The minimum Gasteiger partial charge on any atom is -0.457 e. The van der Waals surface area contributed by atoms with Gasteiger partial charge in [0.2, 0.25) is 12.3 Å². The monoisotopic (exact) mass is 891 g/mol. The van der Waals surface area contributed by atoms with Crippen molar-refractivity contribution in [3.8, 4) is 0 Å². The summed E-state index contributed by atoms with van der Waals surface area (Å²) in [5.41, 5.74) is 4.39. The predicted octanol–water partition coefficient (Wildman–Crippen LogP) is 7.81. The van der Waals surface area contributed by atoms with Crippen LogP contribution >= 0.6 is 0 Å². The molecule has 65 heavy (non-hydrogen) atoms. The maximum absolute atomic E-state index is 16.7. The smallest absolute Gasteiger partial charge is 0.306 e. The molecule has 12 nitrogen and oxygen atoms in total. The molecule has 7 rings (SSSR count). The number of amides is 1. The van der Waals surface area contributed by atoms with Crippen LogP contribution in [0.15, 0.2) is 152 Å². The van der Waals surface area contributed by atoms with Crippen molar-refractivity contribution >= 4 is 11.9 Å². The topological polar surface area (TPSA) is 129 Å². The van der Waals surface area contributed by atoms with Gasteiger partial charge in [0.25, 0.3) is 0 Å². The quantitative estimate of drug-likeness (QED) is 0.0684. The summed E-state index contributed by atoms with van der Waals surface area (Å²) in [6, 6.07) is 47.9. The molecule has 0 aromatic heterocycles. The van der Waals surface area contributed by atoms with Gasteiger partial charge in [-0.25, -0.2) is 4.39 Å². The van der Waals surface area contributed by atoms with E-state index in [-0.39, 0.29) is 58.4 Å². The zero-order valence-electron chi connectivity index (χ0n) is 36.7. The number of rotatable bonds is 22. The van der Waals surface area contributed by atoms with Gasteiger partial charge in [-0.3, -0.25) is 9.59 Å². The Morgan fingerprint density at radius 1 is 0.492 bits per heavy atom. The molecule has 1 N–H and O–H groups in total. The molecule has 5 aromatic rings. The average Bonchev–Trinajstić information content (AvgIpc) is 3.35. The Kier molecular flexibility index (Phi) is 18.2. The molecule has 2 aliphatic rings. The molecule has 0 radical (unpaired) electrons. The molecular weight excluding hydrogens is 834 g/mol. The fraction of sp³-hybridized carbons (Fsp3) is 0.385. The number of nitrogens with one attached hydrogen (secondary N) is 1. The van der Waals surface area contributed by atoms with E-state index >= 15 is 4.39 Å². The molecular formula is C52H58FNO11. The van der Waals surface area contributed by atoms with E-state index in [1.54, 1.807) is 6.92 Å². The van der Waals surface area contributed by atoms with E-state index in [0.29, 0.717) is 0 Å². The Morgan fingerprint density at radius 3 is 1.31 bits per heavy atom. The number of halogens is 1. The van der Waals surface area contributed by atoms with Crippen LogP contribution < -0.4 is 5.32 Å². The van der Waals surface area contributed by atoms with Gasteiger partial charge in [0.1, 0.15) is 36.6 Å². The van der Waals surface area contributed by atoms with Crippen LogP contribution in [0.3, 0.4) is 0 Å². The summed E-state index contributed by atoms with van der Waals surface area (Å²) in [4.78, 5) is 25.3. The minimum absolute atomic E-state index is 0.0504. The van der Waals surface area contributed by atoms with Crippen LogP contribution in [0.25, 0.3) is 0 Å². The van der Waals surface area contributed by atoms with E-state index in [4.69, 9.17) is 42.6 Å². The highest BCUT2D eigenvalue weighted by Gasteiger charge is 2.52. The van der Waals surface area contributed by atoms with Crippen molar-refractivity contribution in [1.29, 1.82) is 0 Å². The van der Waals surface area contributed by atoms with E-state index < -0.39 is 67.4 Å². The first-order valence-corrected chi connectivity index (χ1v) is 22.1. The predicted molar refractivity (Wildman–Crippen MR) is 238 cm³/mol. The van der Waals surface area contributed by atoms with E-state index in [1.807, 2.05) is 152 Å². The fourth-order valence-electron chi connectivity index (χ4n) is 7.78. The highest BCUT2D eigenvalue weighted by Crippen LogP contribution is 2.34. The van der Waals surface area contributed by atoms with Gasteiger partial charge in [-0.15, -0.1) is 0 Å². The van der Waals surface area contributed by atoms with Crippen molar-refractivity contribution in [3.05, 3.63) is 179 Å². The highest BCUT2D eigenvalue weighted by molar-refractivity contribution is 5.81. The summed E-state index contributed by atoms with van der Waals surface area (Å²) >= 11 is 0. The molecule has 5 aromatic carbocycles. The van der Waals surface area contributed by atoms with Crippen molar-refractivity contribution in [2.75, 3.05) is 13.7 Å². The van der Waals surface area contributed by atoms with Gasteiger partial charge in [0.05, 0.1) is 52.2 Å². The third-order valence-corrected chi connectivity index (χ3v) is 11.3. The second-order valence-electron chi connectivity index (χ2n) is 16.0. The zero-order chi connectivity index (χ0) is 45.2. The van der Waals surface area contributed by atoms with Crippen LogP contribution in [0.4, 0.5) is 4.39 Å². The van der Waals surface area contributed by atoms with Gasteiger partial charge >= 0.3 is 5.97 Å². The van der Waals surface area contributed by atoms with Crippen molar-refractivity contribution in [2.24, 2.45) is 0 Å². The number of hydrogen-bond donors (Lipinski definition) is 1. The number of carbonyl (C=O) groups excluding carboxylic acids is 2. The van der Waals surface area contributed by atoms with Gasteiger partial charge in [-0.1, -0.05) is 152 Å². The molecule has 10 atom stereocenters. The second kappa shape index (κ2) is 24.8.